The van der Waals surface area contributed by atoms with Gasteiger partial charge in [-0.25, -0.2) is 4.79 Å². The van der Waals surface area contributed by atoms with Gasteiger partial charge in [-0.3, -0.25) is 0 Å². The number of carbonyl (C=O) groups excluding carboxylic acids is 1. The molecule has 3 N–H and O–H groups in total. The first kappa shape index (κ1) is 13.2. The van der Waals surface area contributed by atoms with Gasteiger partial charge in [0, 0.05) is 5.02 Å². The number of carbonyl (C=O) groups is 1. The summed E-state index contributed by atoms with van der Waals surface area (Å²) >= 11 is 17.5. The van der Waals surface area contributed by atoms with Crippen LogP contribution in [-0.4, -0.2) is 19.2 Å². The third-order valence-corrected chi connectivity index (χ3v) is 2.39. The van der Waals surface area contributed by atoms with Crippen LogP contribution >= 0.6 is 34.8 Å². The quantitative estimate of drug-likeness (QED) is 0.835. The van der Waals surface area contributed by atoms with Gasteiger partial charge in [-0.15, -0.1) is 0 Å². The van der Waals surface area contributed by atoms with E-state index in [-0.39, 0.29) is 13.2 Å². The first-order valence-electron chi connectivity index (χ1n) is 4.31. The van der Waals surface area contributed by atoms with E-state index in [9.17, 15) is 4.79 Å². The maximum Gasteiger partial charge on any atom is 0.312 e. The normalized spacial score (nSPS) is 9.94. The van der Waals surface area contributed by atoms with Crippen molar-refractivity contribution < 1.29 is 9.53 Å². The van der Waals surface area contributed by atoms with Crippen LogP contribution in [0.25, 0.3) is 0 Å². The van der Waals surface area contributed by atoms with Crippen molar-refractivity contribution in [2.75, 3.05) is 13.2 Å². The van der Waals surface area contributed by atoms with Gasteiger partial charge < -0.3 is 15.8 Å². The topological polar surface area (TPSA) is 64.4 Å². The Morgan fingerprint density at radius 2 is 1.88 bits per heavy atom. The van der Waals surface area contributed by atoms with Crippen LogP contribution in [0, 0.1) is 0 Å². The molecule has 16 heavy (non-hydrogen) atoms. The van der Waals surface area contributed by atoms with Gasteiger partial charge in [0.25, 0.3) is 0 Å². The molecule has 0 bridgehead atoms. The van der Waals surface area contributed by atoms with E-state index in [1.54, 1.807) is 0 Å². The number of rotatable bonds is 4. The minimum Gasteiger partial charge on any atom is -0.489 e. The van der Waals surface area contributed by atoms with Gasteiger partial charge in [0.2, 0.25) is 0 Å². The summed E-state index contributed by atoms with van der Waals surface area (Å²) in [5.41, 5.74) is 4.88. The molecule has 0 aliphatic carbocycles. The molecule has 0 radical (unpaired) electrons. The van der Waals surface area contributed by atoms with E-state index in [1.807, 2.05) is 0 Å². The molecular weight excluding hydrogens is 274 g/mol. The summed E-state index contributed by atoms with van der Waals surface area (Å²) in [6.07, 6.45) is 0. The molecule has 0 aliphatic rings. The van der Waals surface area contributed by atoms with E-state index >= 15 is 0 Å². The van der Waals surface area contributed by atoms with E-state index in [2.05, 4.69) is 5.32 Å². The molecule has 1 rings (SSSR count). The molecule has 0 saturated carbocycles. The Morgan fingerprint density at radius 3 is 2.38 bits per heavy atom. The number of halogens is 3. The monoisotopic (exact) mass is 282 g/mol. The second-order valence-corrected chi connectivity index (χ2v) is 4.09. The number of nitrogens with two attached hydrogens (primary N) is 1. The zero-order valence-corrected chi connectivity index (χ0v) is 10.4. The van der Waals surface area contributed by atoms with Crippen molar-refractivity contribution in [1.29, 1.82) is 0 Å². The molecular formula is C9H9Cl3N2O2. The number of benzene rings is 1. The van der Waals surface area contributed by atoms with E-state index in [0.717, 1.165) is 0 Å². The molecule has 0 aromatic heterocycles. The second-order valence-electron chi connectivity index (χ2n) is 2.84. The lowest BCUT2D eigenvalue weighted by molar-refractivity contribution is 0.244. The molecule has 7 heteroatoms. The average molecular weight is 284 g/mol. The van der Waals surface area contributed by atoms with Crippen LogP contribution < -0.4 is 15.8 Å². The highest BCUT2D eigenvalue weighted by Crippen LogP contribution is 2.35. The van der Waals surface area contributed by atoms with Gasteiger partial charge in [-0.2, -0.15) is 0 Å². The summed E-state index contributed by atoms with van der Waals surface area (Å²) in [6, 6.07) is 2.43. The van der Waals surface area contributed by atoms with Crippen molar-refractivity contribution in [1.82, 2.24) is 5.32 Å². The Bertz CT molecular complexity index is 375. The molecule has 0 atom stereocenters. The Balaban J connectivity index is 2.57. The van der Waals surface area contributed by atoms with Crippen LogP contribution in [0.3, 0.4) is 0 Å². The number of primary amides is 1. The standard InChI is InChI=1S/C9H9Cl3N2O2/c10-5-3-6(11)8(7(12)4-5)16-2-1-14-9(13)15/h3-4H,1-2H2,(H3,13,14,15). The van der Waals surface area contributed by atoms with Gasteiger partial charge in [-0.1, -0.05) is 34.8 Å². The van der Waals surface area contributed by atoms with Crippen molar-refractivity contribution in [3.8, 4) is 5.75 Å². The highest BCUT2D eigenvalue weighted by Gasteiger charge is 2.08. The van der Waals surface area contributed by atoms with Gasteiger partial charge in [0.05, 0.1) is 16.6 Å². The molecule has 88 valence electrons. The van der Waals surface area contributed by atoms with E-state index in [4.69, 9.17) is 45.3 Å². The summed E-state index contributed by atoms with van der Waals surface area (Å²) in [5, 5.41) is 3.43. The third-order valence-electron chi connectivity index (χ3n) is 1.61. The largest absolute Gasteiger partial charge is 0.489 e. The highest BCUT2D eigenvalue weighted by molar-refractivity contribution is 6.40. The maximum atomic E-state index is 10.4. The van der Waals surface area contributed by atoms with Gasteiger partial charge >= 0.3 is 6.03 Å². The molecule has 0 aliphatic heterocycles. The van der Waals surface area contributed by atoms with E-state index < -0.39 is 6.03 Å². The van der Waals surface area contributed by atoms with Gasteiger partial charge in [0.15, 0.2) is 5.75 Å². The molecule has 1 aromatic carbocycles. The van der Waals surface area contributed by atoms with Gasteiger partial charge in [0.1, 0.15) is 6.61 Å². The number of hydrogen-bond acceptors (Lipinski definition) is 2. The number of amides is 2. The summed E-state index contributed by atoms with van der Waals surface area (Å²) in [4.78, 5) is 10.4. The molecule has 1 aromatic rings. The zero-order valence-electron chi connectivity index (χ0n) is 8.10. The average Bonchev–Trinajstić information content (AvgIpc) is 2.14. The number of hydrogen-bond donors (Lipinski definition) is 2. The van der Waals surface area contributed by atoms with Crippen molar-refractivity contribution >= 4 is 40.8 Å². The predicted molar refractivity (Wildman–Crippen MR) is 64.6 cm³/mol. The fourth-order valence-corrected chi connectivity index (χ4v) is 1.92. The van der Waals surface area contributed by atoms with Crippen molar-refractivity contribution in [3.05, 3.63) is 27.2 Å². The number of urea groups is 1. The summed E-state index contributed by atoms with van der Waals surface area (Å²) < 4.78 is 5.28. The van der Waals surface area contributed by atoms with Crippen molar-refractivity contribution in [3.63, 3.8) is 0 Å². The van der Waals surface area contributed by atoms with Crippen LogP contribution in [0.4, 0.5) is 4.79 Å². The molecule has 0 unspecified atom stereocenters. The van der Waals surface area contributed by atoms with E-state index in [0.29, 0.717) is 20.8 Å². The summed E-state index contributed by atoms with van der Waals surface area (Å²) in [7, 11) is 0. The Labute approximate surface area is 108 Å². The smallest absolute Gasteiger partial charge is 0.312 e. The van der Waals surface area contributed by atoms with Crippen LogP contribution in [-0.2, 0) is 0 Å². The minimum absolute atomic E-state index is 0.212. The zero-order chi connectivity index (χ0) is 12.1. The lowest BCUT2D eigenvalue weighted by Gasteiger charge is -2.10. The fraction of sp³-hybridized carbons (Fsp3) is 0.222. The number of ether oxygens (including phenoxy) is 1. The summed E-state index contributed by atoms with van der Waals surface area (Å²) in [5.74, 6) is 0.332. The molecule has 0 saturated heterocycles. The Hall–Kier alpha value is -0.840. The second kappa shape index (κ2) is 6.03. The first-order valence-corrected chi connectivity index (χ1v) is 5.44. The molecule has 0 heterocycles. The van der Waals surface area contributed by atoms with Crippen LogP contribution in [0.15, 0.2) is 12.1 Å². The fourth-order valence-electron chi connectivity index (χ4n) is 0.994. The molecule has 2 amide bonds. The molecule has 0 spiro atoms. The Kier molecular flexibility index (Phi) is 4.99. The maximum absolute atomic E-state index is 10.4. The van der Waals surface area contributed by atoms with Crippen LogP contribution in [0.2, 0.25) is 15.1 Å². The van der Waals surface area contributed by atoms with Crippen molar-refractivity contribution in [2.24, 2.45) is 5.73 Å². The van der Waals surface area contributed by atoms with Crippen LogP contribution in [0.5, 0.6) is 5.75 Å². The minimum atomic E-state index is -0.614. The van der Waals surface area contributed by atoms with E-state index in [1.165, 1.54) is 12.1 Å². The third kappa shape index (κ3) is 3.96. The first-order chi connectivity index (χ1) is 7.50. The predicted octanol–water partition coefficient (Wildman–Crippen LogP) is 2.69. The number of nitrogens with one attached hydrogen (secondary N) is 1. The lowest BCUT2D eigenvalue weighted by atomic mass is 10.3. The van der Waals surface area contributed by atoms with Crippen molar-refractivity contribution in [2.45, 2.75) is 0 Å². The SMILES string of the molecule is NC(=O)NCCOc1c(Cl)cc(Cl)cc1Cl. The summed E-state index contributed by atoms with van der Waals surface area (Å²) in [6.45, 7) is 0.481. The van der Waals surface area contributed by atoms with Crippen LogP contribution in [0.1, 0.15) is 0 Å². The molecule has 0 fully saturated rings. The van der Waals surface area contributed by atoms with Gasteiger partial charge in [-0.05, 0) is 12.1 Å². The Morgan fingerprint density at radius 1 is 1.31 bits per heavy atom. The lowest BCUT2D eigenvalue weighted by Crippen LogP contribution is -2.32. The highest BCUT2D eigenvalue weighted by atomic mass is 35.5. The molecule has 4 nitrogen and oxygen atoms in total.